The van der Waals surface area contributed by atoms with Gasteiger partial charge in [-0.05, 0) is 43.2 Å². The highest BCUT2D eigenvalue weighted by Crippen LogP contribution is 2.28. The van der Waals surface area contributed by atoms with Crippen LogP contribution < -0.4 is 0 Å². The molecule has 1 N–H and O–H groups in total. The third-order valence-electron chi connectivity index (χ3n) is 3.40. The van der Waals surface area contributed by atoms with Crippen LogP contribution in [0.15, 0.2) is 36.5 Å². The number of halogens is 1. The number of aromatic nitrogens is 2. The molecule has 4 nitrogen and oxygen atoms in total. The van der Waals surface area contributed by atoms with Gasteiger partial charge in [0.1, 0.15) is 11.3 Å². The quantitative estimate of drug-likeness (QED) is 0.779. The normalized spacial score (nSPS) is 11.0. The molecular formula is C16H13ClN2O2. The van der Waals surface area contributed by atoms with E-state index in [1.807, 2.05) is 32.0 Å². The van der Waals surface area contributed by atoms with Gasteiger partial charge in [-0.2, -0.15) is 0 Å². The van der Waals surface area contributed by atoms with E-state index in [0.717, 1.165) is 16.7 Å². The van der Waals surface area contributed by atoms with E-state index in [4.69, 9.17) is 11.6 Å². The molecule has 2 aromatic heterocycles. The minimum atomic E-state index is -1.00. The van der Waals surface area contributed by atoms with Crippen LogP contribution in [0.3, 0.4) is 0 Å². The largest absolute Gasteiger partial charge is 0.476 e. The van der Waals surface area contributed by atoms with E-state index < -0.39 is 5.97 Å². The fourth-order valence-corrected chi connectivity index (χ4v) is 2.47. The van der Waals surface area contributed by atoms with Crippen molar-refractivity contribution in [1.82, 2.24) is 9.38 Å². The zero-order valence-electron chi connectivity index (χ0n) is 11.6. The Kier molecular flexibility index (Phi) is 3.18. The minimum absolute atomic E-state index is 0.162. The first-order valence-electron chi connectivity index (χ1n) is 6.46. The molecule has 3 aromatic rings. The molecule has 106 valence electrons. The van der Waals surface area contributed by atoms with Crippen LogP contribution in [0.2, 0.25) is 5.02 Å². The Morgan fingerprint density at radius 3 is 2.67 bits per heavy atom. The van der Waals surface area contributed by atoms with Gasteiger partial charge in [-0.3, -0.25) is 4.40 Å². The number of nitrogens with zero attached hydrogens (tertiary/aromatic N) is 2. The number of imidazole rings is 1. The summed E-state index contributed by atoms with van der Waals surface area (Å²) < 4.78 is 1.61. The maximum Gasteiger partial charge on any atom is 0.355 e. The van der Waals surface area contributed by atoms with Crippen LogP contribution in [-0.4, -0.2) is 20.5 Å². The molecule has 0 aliphatic rings. The Balaban J connectivity index is 2.33. The molecule has 0 saturated heterocycles. The Bertz CT molecular complexity index is 868. The highest BCUT2D eigenvalue weighted by molar-refractivity contribution is 6.31. The lowest BCUT2D eigenvalue weighted by Gasteiger charge is -2.03. The summed E-state index contributed by atoms with van der Waals surface area (Å²) in [6, 6.07) is 9.12. The lowest BCUT2D eigenvalue weighted by molar-refractivity contribution is 0.0690. The van der Waals surface area contributed by atoms with Gasteiger partial charge in [-0.15, -0.1) is 0 Å². The zero-order valence-corrected chi connectivity index (χ0v) is 12.3. The number of fused-ring (bicyclic) bond motifs is 1. The highest BCUT2D eigenvalue weighted by Gasteiger charge is 2.20. The summed E-state index contributed by atoms with van der Waals surface area (Å²) in [5.74, 6) is -1.00. The molecule has 0 saturated carbocycles. The number of carboxylic acid groups (broad SMARTS) is 1. The Hall–Kier alpha value is -2.33. The van der Waals surface area contributed by atoms with Crippen molar-refractivity contribution in [3.63, 3.8) is 0 Å². The molecule has 0 spiro atoms. The maximum atomic E-state index is 11.6. The van der Waals surface area contributed by atoms with Crippen molar-refractivity contribution in [3.05, 3.63) is 58.4 Å². The number of rotatable bonds is 2. The molecule has 3 rings (SSSR count). The molecule has 0 aliphatic carbocycles. The molecule has 0 radical (unpaired) electrons. The smallest absolute Gasteiger partial charge is 0.355 e. The molecule has 0 unspecified atom stereocenters. The van der Waals surface area contributed by atoms with Crippen LogP contribution in [0.5, 0.6) is 0 Å². The van der Waals surface area contributed by atoms with E-state index >= 15 is 0 Å². The topological polar surface area (TPSA) is 54.6 Å². The predicted molar refractivity (Wildman–Crippen MR) is 82.1 cm³/mol. The van der Waals surface area contributed by atoms with Gasteiger partial charge in [0.2, 0.25) is 0 Å². The SMILES string of the molecule is Cc1ccc2nc(-c3ccc(Cl)c(C)c3)c(C(=O)O)n2c1. The van der Waals surface area contributed by atoms with Crippen LogP contribution in [0.4, 0.5) is 0 Å². The third kappa shape index (κ3) is 2.28. The summed E-state index contributed by atoms with van der Waals surface area (Å²) in [5.41, 5.74) is 3.83. The molecule has 2 heterocycles. The number of carboxylic acids is 1. The summed E-state index contributed by atoms with van der Waals surface area (Å²) in [6.45, 7) is 3.80. The number of aromatic carboxylic acids is 1. The standard InChI is InChI=1S/C16H13ClN2O2/c1-9-3-6-13-18-14(15(16(20)21)19(13)8-9)11-4-5-12(17)10(2)7-11/h3-8H,1-2H3,(H,20,21). The first kappa shape index (κ1) is 13.6. The predicted octanol–water partition coefficient (Wildman–Crippen LogP) is 3.97. The van der Waals surface area contributed by atoms with E-state index in [2.05, 4.69) is 4.98 Å². The second kappa shape index (κ2) is 4.90. The Morgan fingerprint density at radius 1 is 1.24 bits per heavy atom. The lowest BCUT2D eigenvalue weighted by Crippen LogP contribution is -2.03. The fourth-order valence-electron chi connectivity index (χ4n) is 2.35. The molecule has 0 fully saturated rings. The van der Waals surface area contributed by atoms with Gasteiger partial charge in [-0.25, -0.2) is 9.78 Å². The fraction of sp³-hybridized carbons (Fsp3) is 0.125. The first-order valence-corrected chi connectivity index (χ1v) is 6.83. The molecular weight excluding hydrogens is 288 g/mol. The third-order valence-corrected chi connectivity index (χ3v) is 3.82. The number of hydrogen-bond acceptors (Lipinski definition) is 2. The number of hydrogen-bond donors (Lipinski definition) is 1. The maximum absolute atomic E-state index is 11.6. The summed E-state index contributed by atoms with van der Waals surface area (Å²) in [5, 5.41) is 10.2. The van der Waals surface area contributed by atoms with Crippen LogP contribution >= 0.6 is 11.6 Å². The molecule has 0 bridgehead atoms. The van der Waals surface area contributed by atoms with Gasteiger partial charge in [-0.1, -0.05) is 23.7 Å². The van der Waals surface area contributed by atoms with Gasteiger partial charge in [0.15, 0.2) is 5.69 Å². The molecule has 0 amide bonds. The summed E-state index contributed by atoms with van der Waals surface area (Å²) >= 11 is 6.03. The van der Waals surface area contributed by atoms with E-state index in [-0.39, 0.29) is 5.69 Å². The molecule has 5 heteroatoms. The average Bonchev–Trinajstić information content (AvgIpc) is 2.80. The lowest BCUT2D eigenvalue weighted by atomic mass is 10.1. The summed E-state index contributed by atoms with van der Waals surface area (Å²) in [4.78, 5) is 16.1. The number of benzene rings is 1. The van der Waals surface area contributed by atoms with Crippen LogP contribution in [0, 0.1) is 13.8 Å². The van der Waals surface area contributed by atoms with Crippen molar-refractivity contribution in [3.8, 4) is 11.3 Å². The molecule has 21 heavy (non-hydrogen) atoms. The number of pyridine rings is 1. The van der Waals surface area contributed by atoms with E-state index in [1.165, 1.54) is 0 Å². The van der Waals surface area contributed by atoms with Gasteiger partial charge >= 0.3 is 5.97 Å². The monoisotopic (exact) mass is 300 g/mol. The van der Waals surface area contributed by atoms with Gasteiger partial charge in [0, 0.05) is 16.8 Å². The average molecular weight is 301 g/mol. The Morgan fingerprint density at radius 2 is 2.00 bits per heavy atom. The van der Waals surface area contributed by atoms with Crippen LogP contribution in [0.25, 0.3) is 16.9 Å². The van der Waals surface area contributed by atoms with Crippen LogP contribution in [0.1, 0.15) is 21.6 Å². The van der Waals surface area contributed by atoms with E-state index in [9.17, 15) is 9.90 Å². The van der Waals surface area contributed by atoms with Crippen molar-refractivity contribution in [2.75, 3.05) is 0 Å². The second-order valence-corrected chi connectivity index (χ2v) is 5.42. The van der Waals surface area contributed by atoms with Gasteiger partial charge in [0.05, 0.1) is 0 Å². The van der Waals surface area contributed by atoms with Crippen molar-refractivity contribution >= 4 is 23.2 Å². The first-order chi connectivity index (χ1) is 9.97. The molecule has 0 aliphatic heterocycles. The van der Waals surface area contributed by atoms with Crippen molar-refractivity contribution in [2.45, 2.75) is 13.8 Å². The summed E-state index contributed by atoms with van der Waals surface area (Å²) in [7, 11) is 0. The van der Waals surface area contributed by atoms with Crippen LogP contribution in [-0.2, 0) is 0 Å². The molecule has 0 atom stereocenters. The second-order valence-electron chi connectivity index (χ2n) is 5.01. The van der Waals surface area contributed by atoms with Crippen molar-refractivity contribution in [1.29, 1.82) is 0 Å². The highest BCUT2D eigenvalue weighted by atomic mass is 35.5. The summed E-state index contributed by atoms with van der Waals surface area (Å²) in [6.07, 6.45) is 1.78. The Labute approximate surface area is 126 Å². The van der Waals surface area contributed by atoms with E-state index in [0.29, 0.717) is 16.4 Å². The van der Waals surface area contributed by atoms with E-state index in [1.54, 1.807) is 22.7 Å². The minimum Gasteiger partial charge on any atom is -0.476 e. The number of carbonyl (C=O) groups is 1. The number of aryl methyl sites for hydroxylation is 2. The van der Waals surface area contributed by atoms with Crippen molar-refractivity contribution in [2.24, 2.45) is 0 Å². The van der Waals surface area contributed by atoms with Gasteiger partial charge < -0.3 is 5.11 Å². The molecule has 1 aromatic carbocycles. The van der Waals surface area contributed by atoms with Gasteiger partial charge in [0.25, 0.3) is 0 Å². The zero-order chi connectivity index (χ0) is 15.1. The van der Waals surface area contributed by atoms with Crippen molar-refractivity contribution < 1.29 is 9.90 Å².